The largest absolute Gasteiger partial charge is 0.373 e. The van der Waals surface area contributed by atoms with E-state index in [0.717, 1.165) is 42.3 Å². The molecule has 100 valence electrons. The first kappa shape index (κ1) is 13.3. The molecular weight excluding hydrogens is 238 g/mol. The molecule has 19 heavy (non-hydrogen) atoms. The van der Waals surface area contributed by atoms with Crippen molar-refractivity contribution >= 4 is 11.6 Å². The van der Waals surface area contributed by atoms with Crippen molar-refractivity contribution in [3.05, 3.63) is 42.0 Å². The number of aromatic nitrogens is 3. The maximum absolute atomic E-state index is 4.31. The summed E-state index contributed by atoms with van der Waals surface area (Å²) >= 11 is 0. The second kappa shape index (κ2) is 6.68. The van der Waals surface area contributed by atoms with Gasteiger partial charge in [-0.05, 0) is 18.6 Å². The number of nitrogens with zero attached hydrogens (tertiary/aromatic N) is 3. The van der Waals surface area contributed by atoms with Crippen molar-refractivity contribution < 1.29 is 0 Å². The van der Waals surface area contributed by atoms with Crippen LogP contribution in [-0.2, 0) is 12.8 Å². The fourth-order valence-corrected chi connectivity index (χ4v) is 1.97. The molecule has 0 spiro atoms. The van der Waals surface area contributed by atoms with E-state index in [1.807, 2.05) is 31.4 Å². The van der Waals surface area contributed by atoms with Crippen molar-refractivity contribution in [3.63, 3.8) is 0 Å². The molecule has 2 aromatic heterocycles. The maximum atomic E-state index is 4.31. The summed E-state index contributed by atoms with van der Waals surface area (Å²) < 4.78 is 0. The van der Waals surface area contributed by atoms with Gasteiger partial charge < -0.3 is 10.6 Å². The topological polar surface area (TPSA) is 62.7 Å². The van der Waals surface area contributed by atoms with E-state index in [9.17, 15) is 0 Å². The van der Waals surface area contributed by atoms with Crippen molar-refractivity contribution in [2.45, 2.75) is 19.8 Å². The molecule has 5 nitrogen and oxygen atoms in total. The van der Waals surface area contributed by atoms with Crippen LogP contribution in [0.3, 0.4) is 0 Å². The van der Waals surface area contributed by atoms with E-state index in [2.05, 4.69) is 32.5 Å². The van der Waals surface area contributed by atoms with E-state index in [0.29, 0.717) is 0 Å². The first-order valence-corrected chi connectivity index (χ1v) is 6.50. The number of pyridine rings is 1. The third kappa shape index (κ3) is 3.40. The molecule has 0 atom stereocenters. The van der Waals surface area contributed by atoms with Gasteiger partial charge in [0.2, 0.25) is 0 Å². The molecule has 0 saturated carbocycles. The molecule has 0 bridgehead atoms. The van der Waals surface area contributed by atoms with Crippen molar-refractivity contribution in [3.8, 4) is 0 Å². The Kier molecular flexibility index (Phi) is 4.66. The van der Waals surface area contributed by atoms with Gasteiger partial charge in [0.1, 0.15) is 18.0 Å². The SMILES string of the molecule is CCc1c(NC)ncnc1NCCc1ccccn1. The molecule has 0 aliphatic heterocycles. The minimum absolute atomic E-state index is 0.810. The van der Waals surface area contributed by atoms with Crippen LogP contribution < -0.4 is 10.6 Å². The van der Waals surface area contributed by atoms with Crippen LogP contribution in [0.4, 0.5) is 11.6 Å². The van der Waals surface area contributed by atoms with Crippen molar-refractivity contribution in [2.75, 3.05) is 24.2 Å². The quantitative estimate of drug-likeness (QED) is 0.830. The van der Waals surface area contributed by atoms with E-state index in [1.54, 1.807) is 6.33 Å². The van der Waals surface area contributed by atoms with Crippen LogP contribution >= 0.6 is 0 Å². The average molecular weight is 257 g/mol. The van der Waals surface area contributed by atoms with Crippen molar-refractivity contribution in [1.29, 1.82) is 0 Å². The first-order valence-electron chi connectivity index (χ1n) is 6.50. The minimum Gasteiger partial charge on any atom is -0.373 e. The standard InChI is InChI=1S/C14H19N5/c1-3-12-13(15-2)18-10-19-14(12)17-9-7-11-6-4-5-8-16-11/h4-6,8,10H,3,7,9H2,1-2H3,(H2,15,17,18,19). The fraction of sp³-hybridized carbons (Fsp3) is 0.357. The van der Waals surface area contributed by atoms with E-state index in [4.69, 9.17) is 0 Å². The monoisotopic (exact) mass is 257 g/mol. The van der Waals surface area contributed by atoms with Crippen LogP contribution in [0.15, 0.2) is 30.7 Å². The Bertz CT molecular complexity index is 512. The Hall–Kier alpha value is -2.17. The maximum Gasteiger partial charge on any atom is 0.134 e. The van der Waals surface area contributed by atoms with Gasteiger partial charge in [0.15, 0.2) is 0 Å². The number of hydrogen-bond donors (Lipinski definition) is 2. The van der Waals surface area contributed by atoms with Crippen LogP contribution in [-0.4, -0.2) is 28.5 Å². The van der Waals surface area contributed by atoms with Gasteiger partial charge in [0, 0.05) is 37.5 Å². The van der Waals surface area contributed by atoms with Gasteiger partial charge in [-0.25, -0.2) is 9.97 Å². The van der Waals surface area contributed by atoms with Gasteiger partial charge in [-0.2, -0.15) is 0 Å². The van der Waals surface area contributed by atoms with Gasteiger partial charge >= 0.3 is 0 Å². The highest BCUT2D eigenvalue weighted by atomic mass is 15.1. The van der Waals surface area contributed by atoms with Crippen molar-refractivity contribution in [1.82, 2.24) is 15.0 Å². The smallest absolute Gasteiger partial charge is 0.134 e. The molecule has 0 aliphatic carbocycles. The highest BCUT2D eigenvalue weighted by Crippen LogP contribution is 2.19. The predicted octanol–water partition coefficient (Wildman–Crippen LogP) is 2.13. The highest BCUT2D eigenvalue weighted by molar-refractivity contribution is 5.57. The molecule has 5 heteroatoms. The minimum atomic E-state index is 0.810. The van der Waals surface area contributed by atoms with E-state index < -0.39 is 0 Å². The predicted molar refractivity (Wildman–Crippen MR) is 77.4 cm³/mol. The lowest BCUT2D eigenvalue weighted by Gasteiger charge is -2.12. The van der Waals surface area contributed by atoms with Gasteiger partial charge in [-0.3, -0.25) is 4.98 Å². The normalized spacial score (nSPS) is 10.2. The molecule has 2 aromatic rings. The number of anilines is 2. The Morgan fingerprint density at radius 1 is 1.11 bits per heavy atom. The lowest BCUT2D eigenvalue weighted by atomic mass is 10.2. The highest BCUT2D eigenvalue weighted by Gasteiger charge is 2.07. The summed E-state index contributed by atoms with van der Waals surface area (Å²) in [6.07, 6.45) is 5.16. The molecule has 0 aliphatic rings. The van der Waals surface area contributed by atoms with Crippen LogP contribution in [0, 0.1) is 0 Å². The molecule has 0 fully saturated rings. The summed E-state index contributed by atoms with van der Waals surface area (Å²) in [4.78, 5) is 12.8. The molecule has 0 saturated heterocycles. The van der Waals surface area contributed by atoms with Crippen LogP contribution in [0.5, 0.6) is 0 Å². The van der Waals surface area contributed by atoms with Crippen LogP contribution in [0.2, 0.25) is 0 Å². The van der Waals surface area contributed by atoms with E-state index >= 15 is 0 Å². The summed E-state index contributed by atoms with van der Waals surface area (Å²) in [6, 6.07) is 5.96. The Morgan fingerprint density at radius 3 is 2.63 bits per heavy atom. The lowest BCUT2D eigenvalue weighted by Crippen LogP contribution is -2.11. The number of rotatable bonds is 6. The summed E-state index contributed by atoms with van der Waals surface area (Å²) in [5.41, 5.74) is 2.20. The molecule has 2 heterocycles. The lowest BCUT2D eigenvalue weighted by molar-refractivity contribution is 0.939. The van der Waals surface area contributed by atoms with E-state index in [1.165, 1.54) is 0 Å². The summed E-state index contributed by atoms with van der Waals surface area (Å²) in [5.74, 6) is 1.79. The third-order valence-corrected chi connectivity index (χ3v) is 2.94. The molecule has 0 aromatic carbocycles. The molecule has 0 amide bonds. The van der Waals surface area contributed by atoms with Crippen LogP contribution in [0.1, 0.15) is 18.2 Å². The molecule has 2 N–H and O–H groups in total. The third-order valence-electron chi connectivity index (χ3n) is 2.94. The fourth-order valence-electron chi connectivity index (χ4n) is 1.97. The second-order valence-corrected chi connectivity index (χ2v) is 4.15. The Labute approximate surface area is 113 Å². The van der Waals surface area contributed by atoms with Gasteiger partial charge in [0.05, 0.1) is 0 Å². The van der Waals surface area contributed by atoms with Crippen LogP contribution in [0.25, 0.3) is 0 Å². The molecular formula is C14H19N5. The number of nitrogens with one attached hydrogen (secondary N) is 2. The van der Waals surface area contributed by atoms with Gasteiger partial charge in [0.25, 0.3) is 0 Å². The van der Waals surface area contributed by atoms with Gasteiger partial charge in [-0.1, -0.05) is 13.0 Å². The number of hydrogen-bond acceptors (Lipinski definition) is 5. The average Bonchev–Trinajstić information content (AvgIpc) is 2.48. The molecule has 0 unspecified atom stereocenters. The van der Waals surface area contributed by atoms with Crippen molar-refractivity contribution in [2.24, 2.45) is 0 Å². The van der Waals surface area contributed by atoms with E-state index in [-0.39, 0.29) is 0 Å². The molecule has 2 rings (SSSR count). The Balaban J connectivity index is 2.00. The summed E-state index contributed by atoms with van der Waals surface area (Å²) in [6.45, 7) is 2.91. The zero-order chi connectivity index (χ0) is 13.5. The zero-order valence-electron chi connectivity index (χ0n) is 11.3. The second-order valence-electron chi connectivity index (χ2n) is 4.15. The van der Waals surface area contributed by atoms with Gasteiger partial charge in [-0.15, -0.1) is 0 Å². The summed E-state index contributed by atoms with van der Waals surface area (Å²) in [5, 5.41) is 6.45. The zero-order valence-corrected chi connectivity index (χ0v) is 11.3. The Morgan fingerprint density at radius 2 is 1.95 bits per heavy atom. The first-order chi connectivity index (χ1) is 9.35. The molecule has 0 radical (unpaired) electrons. The summed E-state index contributed by atoms with van der Waals surface area (Å²) in [7, 11) is 1.87.